The summed E-state index contributed by atoms with van der Waals surface area (Å²) >= 11 is 0. The molecule has 0 spiro atoms. The highest BCUT2D eigenvalue weighted by atomic mass is 16.2. The monoisotopic (exact) mass is 368 g/mol. The van der Waals surface area contributed by atoms with Crippen LogP contribution < -0.4 is 5.01 Å². The van der Waals surface area contributed by atoms with E-state index in [0.29, 0.717) is 24.6 Å². The molecule has 0 radical (unpaired) electrons. The average Bonchev–Trinajstić information content (AvgIpc) is 3.23. The lowest BCUT2D eigenvalue weighted by atomic mass is 10.1. The van der Waals surface area contributed by atoms with Gasteiger partial charge in [0.15, 0.2) is 0 Å². The van der Waals surface area contributed by atoms with E-state index < -0.39 is 0 Å². The fourth-order valence-corrected chi connectivity index (χ4v) is 4.41. The highest BCUT2D eigenvalue weighted by Crippen LogP contribution is 2.25. The summed E-state index contributed by atoms with van der Waals surface area (Å²) in [4.78, 5) is 29.8. The van der Waals surface area contributed by atoms with Crippen molar-refractivity contribution in [2.24, 2.45) is 5.10 Å². The van der Waals surface area contributed by atoms with Crippen LogP contribution in [0.4, 0.5) is 5.69 Å². The van der Waals surface area contributed by atoms with Gasteiger partial charge < -0.3 is 4.90 Å². The molecule has 6 heteroatoms. The third-order valence-electron chi connectivity index (χ3n) is 5.97. The lowest BCUT2D eigenvalue weighted by molar-refractivity contribution is -0.126. The van der Waals surface area contributed by atoms with Crippen LogP contribution in [0.3, 0.4) is 0 Å². The van der Waals surface area contributed by atoms with E-state index in [1.54, 1.807) is 0 Å². The fourth-order valence-electron chi connectivity index (χ4n) is 4.41. The lowest BCUT2D eigenvalue weighted by Gasteiger charge is -2.38. The normalized spacial score (nSPS) is 22.3. The van der Waals surface area contributed by atoms with Crippen LogP contribution in [0.2, 0.25) is 0 Å². The third-order valence-corrected chi connectivity index (χ3v) is 5.97. The minimum Gasteiger partial charge on any atom is -0.335 e. The van der Waals surface area contributed by atoms with Crippen LogP contribution >= 0.6 is 0 Å². The molecule has 1 aliphatic carbocycles. The standard InChI is InChI=1S/C21H28N4O2/c1-16-5-4-8-18(15-16)25-20(26)10-9-19(22-25)21(27)24-13-11-23(12-14-24)17-6-2-3-7-17/h4-5,8,15,17H,2-3,6-7,9-14H2,1H3. The lowest BCUT2D eigenvalue weighted by Crippen LogP contribution is -2.53. The van der Waals surface area contributed by atoms with Gasteiger partial charge in [-0.15, -0.1) is 0 Å². The van der Waals surface area contributed by atoms with E-state index in [-0.39, 0.29) is 11.8 Å². The van der Waals surface area contributed by atoms with Gasteiger partial charge in [-0.2, -0.15) is 5.10 Å². The van der Waals surface area contributed by atoms with Gasteiger partial charge in [-0.3, -0.25) is 14.5 Å². The molecule has 0 atom stereocenters. The zero-order valence-corrected chi connectivity index (χ0v) is 16.1. The summed E-state index contributed by atoms with van der Waals surface area (Å²) in [6.45, 7) is 5.39. The number of hydrazone groups is 1. The first-order valence-corrected chi connectivity index (χ1v) is 10.1. The van der Waals surface area contributed by atoms with Crippen LogP contribution in [0.1, 0.15) is 44.1 Å². The molecule has 4 rings (SSSR count). The van der Waals surface area contributed by atoms with Crippen LogP contribution in [0, 0.1) is 6.92 Å². The summed E-state index contributed by atoms with van der Waals surface area (Å²) < 4.78 is 0. The smallest absolute Gasteiger partial charge is 0.270 e. The van der Waals surface area contributed by atoms with Gasteiger partial charge >= 0.3 is 0 Å². The first-order valence-electron chi connectivity index (χ1n) is 10.1. The number of anilines is 1. The van der Waals surface area contributed by atoms with E-state index in [1.807, 2.05) is 36.1 Å². The SMILES string of the molecule is Cc1cccc(N2N=C(C(=O)N3CCN(C4CCCC4)CC3)CCC2=O)c1. The highest BCUT2D eigenvalue weighted by molar-refractivity contribution is 6.40. The Morgan fingerprint density at radius 2 is 1.81 bits per heavy atom. The molecule has 0 N–H and O–H groups in total. The maximum absolute atomic E-state index is 13.0. The van der Waals surface area contributed by atoms with Crippen molar-refractivity contribution in [2.45, 2.75) is 51.5 Å². The van der Waals surface area contributed by atoms with Crippen LogP contribution in [-0.2, 0) is 9.59 Å². The molecule has 3 aliphatic rings. The zero-order chi connectivity index (χ0) is 18.8. The van der Waals surface area contributed by atoms with Gasteiger partial charge in [0, 0.05) is 45.1 Å². The Bertz CT molecular complexity index is 746. The van der Waals surface area contributed by atoms with Crippen LogP contribution in [0.5, 0.6) is 0 Å². The molecular weight excluding hydrogens is 340 g/mol. The number of nitrogens with zero attached hydrogens (tertiary/aromatic N) is 4. The third kappa shape index (κ3) is 3.90. The van der Waals surface area contributed by atoms with Crippen molar-refractivity contribution < 1.29 is 9.59 Å². The molecular formula is C21H28N4O2. The summed E-state index contributed by atoms with van der Waals surface area (Å²) in [6, 6.07) is 8.39. The van der Waals surface area contributed by atoms with Crippen LogP contribution in [0.25, 0.3) is 0 Å². The van der Waals surface area contributed by atoms with Crippen molar-refractivity contribution in [1.82, 2.24) is 9.80 Å². The molecule has 1 saturated heterocycles. The Morgan fingerprint density at radius 1 is 1.07 bits per heavy atom. The predicted octanol–water partition coefficient (Wildman–Crippen LogP) is 2.56. The first-order chi connectivity index (χ1) is 13.1. The predicted molar refractivity (Wildman–Crippen MR) is 106 cm³/mol. The molecule has 27 heavy (non-hydrogen) atoms. The number of carbonyl (C=O) groups excluding carboxylic acids is 2. The largest absolute Gasteiger partial charge is 0.335 e. The summed E-state index contributed by atoms with van der Waals surface area (Å²) in [5.41, 5.74) is 2.30. The number of benzene rings is 1. The molecule has 2 amide bonds. The average molecular weight is 368 g/mol. The van der Waals surface area contributed by atoms with Gasteiger partial charge in [-0.25, -0.2) is 5.01 Å². The molecule has 2 heterocycles. The van der Waals surface area contributed by atoms with E-state index in [9.17, 15) is 9.59 Å². The summed E-state index contributed by atoms with van der Waals surface area (Å²) in [7, 11) is 0. The van der Waals surface area contributed by atoms with E-state index in [2.05, 4.69) is 10.0 Å². The number of aryl methyl sites for hydroxylation is 1. The van der Waals surface area contributed by atoms with Gasteiger partial charge in [0.25, 0.3) is 5.91 Å². The number of amides is 2. The number of hydrogen-bond donors (Lipinski definition) is 0. The molecule has 0 bridgehead atoms. The first kappa shape index (κ1) is 18.2. The maximum atomic E-state index is 13.0. The number of piperazine rings is 1. The second kappa shape index (κ2) is 7.80. The van der Waals surface area contributed by atoms with Crippen LogP contribution in [-0.4, -0.2) is 59.5 Å². The van der Waals surface area contributed by atoms with Crippen molar-refractivity contribution in [1.29, 1.82) is 0 Å². The minimum absolute atomic E-state index is 0.00812. The Labute approximate surface area is 160 Å². The summed E-state index contributed by atoms with van der Waals surface area (Å²) in [6.07, 6.45) is 6.04. The zero-order valence-electron chi connectivity index (χ0n) is 16.1. The second-order valence-electron chi connectivity index (χ2n) is 7.86. The number of hydrogen-bond acceptors (Lipinski definition) is 4. The van der Waals surface area contributed by atoms with E-state index in [1.165, 1.54) is 30.7 Å². The van der Waals surface area contributed by atoms with E-state index >= 15 is 0 Å². The second-order valence-corrected chi connectivity index (χ2v) is 7.86. The molecule has 0 unspecified atom stereocenters. The summed E-state index contributed by atoms with van der Waals surface area (Å²) in [5.74, 6) is -0.0607. The van der Waals surface area contributed by atoms with E-state index in [4.69, 9.17) is 0 Å². The number of rotatable bonds is 3. The molecule has 6 nitrogen and oxygen atoms in total. The molecule has 2 fully saturated rings. The molecule has 1 aromatic rings. The topological polar surface area (TPSA) is 56.2 Å². The Hall–Kier alpha value is -2.21. The quantitative estimate of drug-likeness (QED) is 0.824. The molecule has 2 aliphatic heterocycles. The minimum atomic E-state index is -0.0526. The Kier molecular flexibility index (Phi) is 5.25. The van der Waals surface area contributed by atoms with Gasteiger partial charge in [0.1, 0.15) is 5.71 Å². The van der Waals surface area contributed by atoms with Crippen molar-refractivity contribution in [3.63, 3.8) is 0 Å². The van der Waals surface area contributed by atoms with Crippen molar-refractivity contribution in [2.75, 3.05) is 31.2 Å². The fraction of sp³-hybridized carbons (Fsp3) is 0.571. The summed E-state index contributed by atoms with van der Waals surface area (Å²) in [5, 5.41) is 5.84. The molecule has 0 aromatic heterocycles. The molecule has 1 saturated carbocycles. The Balaban J connectivity index is 1.43. The van der Waals surface area contributed by atoms with Crippen molar-refractivity contribution in [3.05, 3.63) is 29.8 Å². The molecule has 1 aromatic carbocycles. The van der Waals surface area contributed by atoms with Crippen molar-refractivity contribution in [3.8, 4) is 0 Å². The van der Waals surface area contributed by atoms with Crippen molar-refractivity contribution >= 4 is 23.2 Å². The molecule has 144 valence electrons. The highest BCUT2D eigenvalue weighted by Gasteiger charge is 2.32. The van der Waals surface area contributed by atoms with Gasteiger partial charge in [-0.05, 0) is 37.5 Å². The van der Waals surface area contributed by atoms with E-state index in [0.717, 1.165) is 37.4 Å². The van der Waals surface area contributed by atoms with Crippen LogP contribution in [0.15, 0.2) is 29.4 Å². The van der Waals surface area contributed by atoms with Gasteiger partial charge in [0.05, 0.1) is 5.69 Å². The Morgan fingerprint density at radius 3 is 2.52 bits per heavy atom. The van der Waals surface area contributed by atoms with Gasteiger partial charge in [-0.1, -0.05) is 25.0 Å². The van der Waals surface area contributed by atoms with Gasteiger partial charge in [0.2, 0.25) is 5.91 Å². The number of carbonyl (C=O) groups is 2. The maximum Gasteiger partial charge on any atom is 0.270 e.